The fraction of sp³-hybridized carbons (Fsp3) is 0.391. The molecular weight excluding hydrogens is 499 g/mol. The number of carbonyl (C=O) groups excluding carboxylic acids is 2. The first-order valence-electron chi connectivity index (χ1n) is 10.6. The second-order valence-corrected chi connectivity index (χ2v) is 11.8. The molecule has 0 saturated heterocycles. The molecule has 0 fully saturated rings. The third-order valence-electron chi connectivity index (χ3n) is 5.13. The molecule has 3 rings (SSSR count). The summed E-state index contributed by atoms with van der Waals surface area (Å²) in [6, 6.07) is 7.01. The summed E-state index contributed by atoms with van der Waals surface area (Å²) in [6.45, 7) is 6.41. The van der Waals surface area contributed by atoms with E-state index in [-0.39, 0.29) is 29.4 Å². The first kappa shape index (κ1) is 26.6. The maximum atomic E-state index is 15.0. The van der Waals surface area contributed by atoms with Gasteiger partial charge in [-0.1, -0.05) is 17.7 Å². The fourth-order valence-electron chi connectivity index (χ4n) is 3.47. The average Bonchev–Trinajstić information content (AvgIpc) is 2.71. The second kappa shape index (κ2) is 9.54. The highest BCUT2D eigenvalue weighted by molar-refractivity contribution is 7.89. The molecule has 2 aromatic rings. The first-order chi connectivity index (χ1) is 16.1. The number of sulfonamides is 1. The number of alkyl carbamates (subject to hydrolysis) is 1. The van der Waals surface area contributed by atoms with Crippen LogP contribution in [0, 0.1) is 5.82 Å². The predicted molar refractivity (Wildman–Crippen MR) is 129 cm³/mol. The number of amides is 1. The number of ketones is 1. The molecule has 12 heteroatoms. The van der Waals surface area contributed by atoms with Crippen LogP contribution in [0.25, 0.3) is 0 Å². The van der Waals surface area contributed by atoms with Crippen molar-refractivity contribution in [3.05, 3.63) is 64.2 Å². The minimum Gasteiger partial charge on any atom is -0.444 e. The number of ether oxygens (including phenoxy) is 1. The van der Waals surface area contributed by atoms with Crippen molar-refractivity contribution in [1.29, 1.82) is 0 Å². The Hall–Kier alpha value is -3.05. The molecule has 188 valence electrons. The van der Waals surface area contributed by atoms with Crippen molar-refractivity contribution in [2.24, 2.45) is 4.99 Å². The van der Waals surface area contributed by atoms with Gasteiger partial charge in [0.25, 0.3) is 0 Å². The molecule has 1 aliphatic heterocycles. The number of carbonyl (C=O) groups is 2. The Bertz CT molecular complexity index is 1290. The van der Waals surface area contributed by atoms with Gasteiger partial charge in [0.15, 0.2) is 5.78 Å². The summed E-state index contributed by atoms with van der Waals surface area (Å²) >= 11 is 5.81. The number of hydrogen-bond acceptors (Lipinski definition) is 7. The van der Waals surface area contributed by atoms with Crippen LogP contribution in [-0.4, -0.2) is 53.9 Å². The molecule has 35 heavy (non-hydrogen) atoms. The lowest BCUT2D eigenvalue weighted by Crippen LogP contribution is -2.54. The monoisotopic (exact) mass is 524 g/mol. The standard InChI is InChI=1S/C23H26ClFN4O5S/c1-22(2,3)34-21(31)27-20-28-23(4,13-35(32,33)29(20)5)16-10-14(6-8-17(16)25)11-19(30)18-9-7-15(24)12-26-18/h6-10,12H,11,13H2,1-5H3,(H,27,28,31)/t23-/m0/s1. The number of hydrogen-bond donors (Lipinski definition) is 1. The van der Waals surface area contributed by atoms with Gasteiger partial charge in [0, 0.05) is 25.2 Å². The summed E-state index contributed by atoms with van der Waals surface area (Å²) in [7, 11) is -2.75. The Morgan fingerprint density at radius 1 is 1.26 bits per heavy atom. The number of aromatic nitrogens is 1. The number of aliphatic imine (C=N–C) groups is 1. The van der Waals surface area contributed by atoms with Crippen LogP contribution in [0.3, 0.4) is 0 Å². The van der Waals surface area contributed by atoms with Gasteiger partial charge in [0.1, 0.15) is 22.7 Å². The number of nitrogens with one attached hydrogen (secondary N) is 1. The number of nitrogens with zero attached hydrogens (tertiary/aromatic N) is 3. The van der Waals surface area contributed by atoms with Crippen molar-refractivity contribution in [3.8, 4) is 0 Å². The van der Waals surface area contributed by atoms with Crippen LogP contribution in [0.2, 0.25) is 5.02 Å². The minimum absolute atomic E-state index is 0.0352. The van der Waals surface area contributed by atoms with E-state index in [0.717, 1.165) is 10.4 Å². The zero-order valence-corrected chi connectivity index (χ0v) is 21.5. The van der Waals surface area contributed by atoms with Crippen molar-refractivity contribution in [2.45, 2.75) is 45.3 Å². The van der Waals surface area contributed by atoms with Crippen LogP contribution >= 0.6 is 11.6 Å². The summed E-state index contributed by atoms with van der Waals surface area (Å²) in [5, 5.41) is 2.72. The molecule has 0 aliphatic carbocycles. The van der Waals surface area contributed by atoms with Gasteiger partial charge in [-0.25, -0.2) is 26.9 Å². The van der Waals surface area contributed by atoms with Gasteiger partial charge in [-0.05, 0) is 57.5 Å². The van der Waals surface area contributed by atoms with Gasteiger partial charge in [-0.2, -0.15) is 0 Å². The first-order valence-corrected chi connectivity index (χ1v) is 12.6. The number of rotatable bonds is 4. The Morgan fingerprint density at radius 2 is 1.94 bits per heavy atom. The highest BCUT2D eigenvalue weighted by atomic mass is 35.5. The van der Waals surface area contributed by atoms with E-state index in [1.165, 1.54) is 44.4 Å². The number of benzene rings is 1. The molecule has 0 bridgehead atoms. The summed E-state index contributed by atoms with van der Waals surface area (Å²) in [6.07, 6.45) is 0.346. The molecule has 2 heterocycles. The summed E-state index contributed by atoms with van der Waals surface area (Å²) < 4.78 is 46.8. The topological polar surface area (TPSA) is 118 Å². The molecule has 1 aliphatic rings. The summed E-state index contributed by atoms with van der Waals surface area (Å²) in [4.78, 5) is 33.3. The number of pyridine rings is 1. The molecule has 0 spiro atoms. The van der Waals surface area contributed by atoms with Crippen LogP contribution in [-0.2, 0) is 26.7 Å². The highest BCUT2D eigenvalue weighted by Crippen LogP contribution is 2.34. The quantitative estimate of drug-likeness (QED) is 0.610. The molecular formula is C23H26ClFN4O5S. The molecule has 1 atom stereocenters. The lowest BCUT2D eigenvalue weighted by molar-refractivity contribution is 0.0558. The van der Waals surface area contributed by atoms with Crippen molar-refractivity contribution in [1.82, 2.24) is 14.6 Å². The zero-order chi connectivity index (χ0) is 26.2. The average molecular weight is 525 g/mol. The number of Topliss-reactive ketones (excluding diaryl/α,β-unsaturated/α-hetero) is 1. The molecule has 0 saturated carbocycles. The van der Waals surface area contributed by atoms with E-state index in [2.05, 4.69) is 15.3 Å². The summed E-state index contributed by atoms with van der Waals surface area (Å²) in [5.74, 6) is -1.88. The van der Waals surface area contributed by atoms with Gasteiger partial charge in [0.2, 0.25) is 16.0 Å². The van der Waals surface area contributed by atoms with Crippen LogP contribution in [0.5, 0.6) is 0 Å². The molecule has 1 amide bonds. The van der Waals surface area contributed by atoms with Crippen LogP contribution < -0.4 is 5.32 Å². The molecule has 0 unspecified atom stereocenters. The van der Waals surface area contributed by atoms with Crippen LogP contribution in [0.15, 0.2) is 41.5 Å². The van der Waals surface area contributed by atoms with Crippen molar-refractivity contribution >= 4 is 39.5 Å². The van der Waals surface area contributed by atoms with Crippen molar-refractivity contribution in [3.63, 3.8) is 0 Å². The molecule has 1 aromatic carbocycles. The second-order valence-electron chi connectivity index (χ2n) is 9.34. The third-order valence-corrected chi connectivity index (χ3v) is 7.29. The van der Waals surface area contributed by atoms with Crippen molar-refractivity contribution in [2.75, 3.05) is 12.8 Å². The lowest BCUT2D eigenvalue weighted by Gasteiger charge is -2.36. The lowest BCUT2D eigenvalue weighted by atomic mass is 9.91. The smallest absolute Gasteiger partial charge is 0.414 e. The minimum atomic E-state index is -3.98. The van der Waals surface area contributed by atoms with E-state index >= 15 is 0 Å². The van der Waals surface area contributed by atoms with Gasteiger partial charge < -0.3 is 4.74 Å². The van der Waals surface area contributed by atoms with E-state index < -0.39 is 38.8 Å². The maximum Gasteiger partial charge on any atom is 0.414 e. The van der Waals surface area contributed by atoms with Crippen LogP contribution in [0.1, 0.15) is 49.3 Å². The molecule has 1 aromatic heterocycles. The fourth-order valence-corrected chi connectivity index (χ4v) is 5.06. The van der Waals surface area contributed by atoms with E-state index in [1.807, 2.05) is 0 Å². The molecule has 1 N–H and O–H groups in total. The van der Waals surface area contributed by atoms with Crippen LogP contribution in [0.4, 0.5) is 9.18 Å². The summed E-state index contributed by atoms with van der Waals surface area (Å²) in [5.41, 5.74) is -1.82. The SMILES string of the molecule is CN1C(NC(=O)OC(C)(C)C)=N[C@](C)(c2cc(CC(=O)c3ccc(Cl)cn3)ccc2F)CS1(=O)=O. The van der Waals surface area contributed by atoms with Gasteiger partial charge >= 0.3 is 6.09 Å². The Kier molecular flexibility index (Phi) is 7.24. The van der Waals surface area contributed by atoms with Gasteiger partial charge in [-0.3, -0.25) is 15.1 Å². The van der Waals surface area contributed by atoms with E-state index in [0.29, 0.717) is 10.6 Å². The van der Waals surface area contributed by atoms with E-state index in [4.69, 9.17) is 16.3 Å². The molecule has 0 radical (unpaired) electrons. The third kappa shape index (κ3) is 6.34. The van der Waals surface area contributed by atoms with Crippen molar-refractivity contribution < 1.29 is 27.1 Å². The Balaban J connectivity index is 1.96. The van der Waals surface area contributed by atoms with Gasteiger partial charge in [-0.15, -0.1) is 0 Å². The normalized spacial score (nSPS) is 19.6. The van der Waals surface area contributed by atoms with E-state index in [1.54, 1.807) is 20.8 Å². The Morgan fingerprint density at radius 3 is 2.54 bits per heavy atom. The number of guanidine groups is 1. The maximum absolute atomic E-state index is 15.0. The van der Waals surface area contributed by atoms with Gasteiger partial charge in [0.05, 0.1) is 10.8 Å². The number of halogens is 2. The predicted octanol–water partition coefficient (Wildman–Crippen LogP) is 3.67. The largest absolute Gasteiger partial charge is 0.444 e. The molecule has 9 nitrogen and oxygen atoms in total. The Labute approximate surface area is 208 Å². The zero-order valence-electron chi connectivity index (χ0n) is 19.9. The highest BCUT2D eigenvalue weighted by Gasteiger charge is 2.43. The van der Waals surface area contributed by atoms with E-state index in [9.17, 15) is 22.4 Å².